The maximum absolute atomic E-state index is 13.1. The molecule has 0 saturated carbocycles. The Hall–Kier alpha value is -2.46. The Morgan fingerprint density at radius 1 is 1.19 bits per heavy atom. The van der Waals surface area contributed by atoms with E-state index in [0.717, 1.165) is 12.4 Å². The first kappa shape index (κ1) is 19.3. The number of hydrogen-bond donors (Lipinski definition) is 0. The van der Waals surface area contributed by atoms with Gasteiger partial charge < -0.3 is 14.2 Å². The summed E-state index contributed by atoms with van der Waals surface area (Å²) < 4.78 is 56.4. The van der Waals surface area contributed by atoms with E-state index in [1.54, 1.807) is 6.07 Å². The molecule has 0 radical (unpaired) electrons. The Balaban J connectivity index is 1.79. The molecule has 1 aromatic carbocycles. The number of aromatic nitrogens is 2. The topological polar surface area (TPSA) is 90.9 Å². The fourth-order valence-corrected chi connectivity index (χ4v) is 4.50. The van der Waals surface area contributed by atoms with E-state index >= 15 is 0 Å². The van der Waals surface area contributed by atoms with Crippen molar-refractivity contribution in [2.24, 2.45) is 0 Å². The van der Waals surface area contributed by atoms with Crippen LogP contribution < -0.4 is 14.2 Å². The van der Waals surface area contributed by atoms with Gasteiger partial charge >= 0.3 is 6.01 Å². The van der Waals surface area contributed by atoms with Crippen LogP contribution in [-0.2, 0) is 10.0 Å². The van der Waals surface area contributed by atoms with Gasteiger partial charge in [-0.25, -0.2) is 22.8 Å². The van der Waals surface area contributed by atoms with Gasteiger partial charge in [0.15, 0.2) is 5.82 Å². The van der Waals surface area contributed by atoms with Crippen molar-refractivity contribution in [1.82, 2.24) is 14.3 Å². The van der Waals surface area contributed by atoms with E-state index in [1.165, 1.54) is 30.7 Å². The zero-order chi connectivity index (χ0) is 19.4. The maximum atomic E-state index is 13.1. The Morgan fingerprint density at radius 3 is 2.59 bits per heavy atom. The van der Waals surface area contributed by atoms with Gasteiger partial charge in [0, 0.05) is 12.6 Å². The van der Waals surface area contributed by atoms with Gasteiger partial charge in [-0.2, -0.15) is 4.31 Å². The maximum Gasteiger partial charge on any atom is 0.316 e. The normalized spacial score (nSPS) is 18.1. The second-order valence-corrected chi connectivity index (χ2v) is 7.85. The highest BCUT2D eigenvalue weighted by Crippen LogP contribution is 2.32. The number of methoxy groups -OCH3 is 2. The molecule has 0 aliphatic carbocycles. The average Bonchev–Trinajstić information content (AvgIpc) is 2.69. The third kappa shape index (κ3) is 4.28. The van der Waals surface area contributed by atoms with Crippen molar-refractivity contribution in [3.8, 4) is 17.5 Å². The van der Waals surface area contributed by atoms with E-state index in [4.69, 9.17) is 14.2 Å². The number of ether oxygens (including phenoxy) is 3. The number of sulfonamides is 1. The van der Waals surface area contributed by atoms with E-state index in [2.05, 4.69) is 9.97 Å². The number of rotatable bonds is 6. The van der Waals surface area contributed by atoms with E-state index < -0.39 is 21.9 Å². The highest BCUT2D eigenvalue weighted by atomic mass is 32.2. The third-order valence-electron chi connectivity index (χ3n) is 4.20. The molecule has 1 aliphatic rings. The lowest BCUT2D eigenvalue weighted by atomic mass is 10.1. The Kier molecular flexibility index (Phi) is 5.76. The molecule has 2 aromatic rings. The van der Waals surface area contributed by atoms with Crippen LogP contribution in [-0.4, -0.2) is 56.1 Å². The zero-order valence-corrected chi connectivity index (χ0v) is 15.8. The summed E-state index contributed by atoms with van der Waals surface area (Å²) >= 11 is 0. The Bertz CT molecular complexity index is 892. The molecule has 3 rings (SSSR count). The van der Waals surface area contributed by atoms with Crippen molar-refractivity contribution >= 4 is 10.0 Å². The fraction of sp³-hybridized carbons (Fsp3) is 0.412. The van der Waals surface area contributed by atoms with Crippen LogP contribution in [0.25, 0.3) is 0 Å². The predicted octanol–water partition coefficient (Wildman–Crippen LogP) is 1.86. The molecule has 1 unspecified atom stereocenters. The lowest BCUT2D eigenvalue weighted by molar-refractivity contribution is 0.118. The van der Waals surface area contributed by atoms with Gasteiger partial charge in [0.1, 0.15) is 22.5 Å². The predicted molar refractivity (Wildman–Crippen MR) is 93.9 cm³/mol. The highest BCUT2D eigenvalue weighted by molar-refractivity contribution is 7.89. The largest absolute Gasteiger partial charge is 0.497 e. The summed E-state index contributed by atoms with van der Waals surface area (Å²) in [5, 5.41) is 0. The lowest BCUT2D eigenvalue weighted by Crippen LogP contribution is -2.44. The highest BCUT2D eigenvalue weighted by Gasteiger charge is 2.33. The summed E-state index contributed by atoms with van der Waals surface area (Å²) in [6.45, 7) is 0.500. The first-order chi connectivity index (χ1) is 12.9. The molecule has 0 spiro atoms. The van der Waals surface area contributed by atoms with Crippen molar-refractivity contribution in [2.75, 3.05) is 27.3 Å². The average molecular weight is 397 g/mol. The first-order valence-electron chi connectivity index (χ1n) is 8.30. The minimum atomic E-state index is -3.79. The second-order valence-electron chi connectivity index (χ2n) is 5.95. The van der Waals surface area contributed by atoms with Crippen molar-refractivity contribution in [3.63, 3.8) is 0 Å². The van der Waals surface area contributed by atoms with E-state index in [9.17, 15) is 12.8 Å². The minimum Gasteiger partial charge on any atom is -0.497 e. The van der Waals surface area contributed by atoms with Crippen LogP contribution in [0.15, 0.2) is 35.5 Å². The van der Waals surface area contributed by atoms with Crippen LogP contribution in [0.1, 0.15) is 12.8 Å². The summed E-state index contributed by atoms with van der Waals surface area (Å²) in [6, 6.07) is 4.57. The second kappa shape index (κ2) is 8.05. The van der Waals surface area contributed by atoms with Crippen LogP contribution in [0, 0.1) is 5.82 Å². The molecule has 1 saturated heterocycles. The van der Waals surface area contributed by atoms with Crippen LogP contribution in [0.4, 0.5) is 4.39 Å². The van der Waals surface area contributed by atoms with E-state index in [-0.39, 0.29) is 23.2 Å². The molecule has 1 aliphatic heterocycles. The van der Waals surface area contributed by atoms with Gasteiger partial charge in [0.05, 0.1) is 33.2 Å². The number of halogens is 1. The van der Waals surface area contributed by atoms with Crippen molar-refractivity contribution in [2.45, 2.75) is 23.8 Å². The molecule has 146 valence electrons. The molecule has 2 heterocycles. The monoisotopic (exact) mass is 397 g/mol. The summed E-state index contributed by atoms with van der Waals surface area (Å²) in [4.78, 5) is 7.57. The van der Waals surface area contributed by atoms with Crippen molar-refractivity contribution in [1.29, 1.82) is 0 Å². The van der Waals surface area contributed by atoms with Gasteiger partial charge in [-0.1, -0.05) is 0 Å². The molecule has 1 atom stereocenters. The Morgan fingerprint density at radius 2 is 1.93 bits per heavy atom. The van der Waals surface area contributed by atoms with Crippen LogP contribution in [0.3, 0.4) is 0 Å². The smallest absolute Gasteiger partial charge is 0.316 e. The van der Waals surface area contributed by atoms with Gasteiger partial charge in [-0.05, 0) is 25.0 Å². The first-order valence-corrected chi connectivity index (χ1v) is 9.74. The molecule has 0 amide bonds. The summed E-state index contributed by atoms with van der Waals surface area (Å²) in [5.74, 6) is 0.139. The summed E-state index contributed by atoms with van der Waals surface area (Å²) in [6.07, 6.45) is 2.84. The van der Waals surface area contributed by atoms with Crippen molar-refractivity contribution in [3.05, 3.63) is 36.4 Å². The number of piperidine rings is 1. The molecule has 1 fully saturated rings. The number of benzene rings is 1. The third-order valence-corrected chi connectivity index (χ3v) is 6.10. The number of hydrogen-bond acceptors (Lipinski definition) is 7. The fourth-order valence-electron chi connectivity index (χ4n) is 2.86. The molecular weight excluding hydrogens is 377 g/mol. The van der Waals surface area contributed by atoms with Crippen LogP contribution in [0.2, 0.25) is 0 Å². The van der Waals surface area contributed by atoms with Crippen molar-refractivity contribution < 1.29 is 27.0 Å². The van der Waals surface area contributed by atoms with E-state index in [1.807, 2.05) is 0 Å². The van der Waals surface area contributed by atoms with Crippen LogP contribution in [0.5, 0.6) is 17.5 Å². The molecular formula is C17H20FN3O5S. The minimum absolute atomic E-state index is 0.0164. The van der Waals surface area contributed by atoms with Crippen LogP contribution >= 0.6 is 0 Å². The van der Waals surface area contributed by atoms with Gasteiger partial charge in [0.25, 0.3) is 0 Å². The molecule has 27 heavy (non-hydrogen) atoms. The number of nitrogens with zero attached hydrogens (tertiary/aromatic N) is 3. The summed E-state index contributed by atoms with van der Waals surface area (Å²) in [5.41, 5.74) is 0. The molecule has 1 aromatic heterocycles. The standard InChI is InChI=1S/C17H20FN3O5S/c1-24-13-5-6-16(15(8-13)25-2)27(22,23)21-7-3-4-14(11-21)26-17-19-9-12(18)10-20-17/h5-6,8-10,14H,3-4,7,11H2,1-2H3. The molecule has 10 heteroatoms. The van der Waals surface area contributed by atoms with Gasteiger partial charge in [-0.3, -0.25) is 0 Å². The SMILES string of the molecule is COc1ccc(S(=O)(=O)N2CCCC(Oc3ncc(F)cn3)C2)c(OC)c1. The molecule has 0 bridgehead atoms. The molecule has 0 N–H and O–H groups in total. The van der Waals surface area contributed by atoms with Gasteiger partial charge in [-0.15, -0.1) is 0 Å². The van der Waals surface area contributed by atoms with E-state index in [0.29, 0.717) is 25.1 Å². The quantitative estimate of drug-likeness (QED) is 0.735. The lowest BCUT2D eigenvalue weighted by Gasteiger charge is -2.31. The summed E-state index contributed by atoms with van der Waals surface area (Å²) in [7, 11) is -0.892. The molecule has 8 nitrogen and oxygen atoms in total. The van der Waals surface area contributed by atoms with Gasteiger partial charge in [0.2, 0.25) is 10.0 Å². The zero-order valence-electron chi connectivity index (χ0n) is 15.0. The Labute approximate surface area is 157 Å².